The van der Waals surface area contributed by atoms with Crippen LogP contribution in [0.2, 0.25) is 0 Å². The van der Waals surface area contributed by atoms with Gasteiger partial charge in [-0.25, -0.2) is 0 Å². The van der Waals surface area contributed by atoms with Crippen LogP contribution in [0.4, 0.5) is 0 Å². The van der Waals surface area contributed by atoms with E-state index in [2.05, 4.69) is 5.10 Å². The van der Waals surface area contributed by atoms with E-state index >= 15 is 0 Å². The summed E-state index contributed by atoms with van der Waals surface area (Å²) in [5.41, 5.74) is 0.822. The van der Waals surface area contributed by atoms with Crippen LogP contribution in [-0.4, -0.2) is 10.5 Å². The van der Waals surface area contributed by atoms with Crippen molar-refractivity contribution in [1.82, 2.24) is 0 Å². The first-order chi connectivity index (χ1) is 5.67. The molecule has 0 bridgehead atoms. The third kappa shape index (κ3) is 1.35. The minimum atomic E-state index is -1.88. The maximum Gasteiger partial charge on any atom is 0.143 e. The molecule has 1 aromatic carbocycles. The summed E-state index contributed by atoms with van der Waals surface area (Å²) < 4.78 is -1.88. The van der Waals surface area contributed by atoms with Gasteiger partial charge in [0.2, 0.25) is 0 Å². The average molecular weight is 181 g/mol. The Labute approximate surface area is 73.4 Å². The van der Waals surface area contributed by atoms with Gasteiger partial charge in [0.1, 0.15) is 11.9 Å². The molecule has 62 valence electrons. The molecule has 0 saturated carbocycles. The second-order valence-electron chi connectivity index (χ2n) is 2.34. The van der Waals surface area contributed by atoms with Crippen molar-refractivity contribution in [3.63, 3.8) is 0 Å². The van der Waals surface area contributed by atoms with E-state index in [1.807, 2.05) is 12.1 Å². The maximum atomic E-state index is 10.8. The summed E-state index contributed by atoms with van der Waals surface area (Å²) in [5.74, 6) is 0. The summed E-state index contributed by atoms with van der Waals surface area (Å²) in [6, 6.07) is 7.16. The largest absolute Gasteiger partial charge is 0.591 e. The van der Waals surface area contributed by atoms with Crippen molar-refractivity contribution in [3.05, 3.63) is 40.2 Å². The number of rotatable bonds is 0. The van der Waals surface area contributed by atoms with Gasteiger partial charge in [0, 0.05) is 5.56 Å². The van der Waals surface area contributed by atoms with Crippen molar-refractivity contribution < 1.29 is 4.32 Å². The first-order valence-electron chi connectivity index (χ1n) is 3.33. The van der Waals surface area contributed by atoms with Crippen LogP contribution in [0.1, 0.15) is 5.56 Å². The molecule has 0 aromatic heterocycles. The lowest BCUT2D eigenvalue weighted by molar-refractivity contribution is -0.689. The summed E-state index contributed by atoms with van der Waals surface area (Å²) in [6.45, 7) is 0. The molecule has 0 spiro atoms. The number of benzene rings is 1. The third-order valence-corrected chi connectivity index (χ3v) is 2.36. The Morgan fingerprint density at radius 1 is 1.25 bits per heavy atom. The maximum absolute atomic E-state index is 10.8. The molecule has 0 atom stereocenters. The molecule has 0 amide bonds. The Bertz CT molecular complexity index is 338. The van der Waals surface area contributed by atoms with Crippen LogP contribution < -0.4 is 0 Å². The molecule has 1 aliphatic heterocycles. The Morgan fingerprint density at radius 2 is 2.00 bits per heavy atom. The first-order valence-corrected chi connectivity index (χ1v) is 4.10. The predicted octanol–water partition coefficient (Wildman–Crippen LogP) is 1.85. The highest BCUT2D eigenvalue weighted by molar-refractivity contribution is 7.94. The number of fused-ring (bicyclic) bond motifs is 1. The van der Waals surface area contributed by atoms with Gasteiger partial charge in [0.15, 0.2) is 0 Å². The topological polar surface area (TPSA) is 58.5 Å². The average Bonchev–Trinajstić information content (AvgIpc) is 2.02. The molecule has 4 nitrogen and oxygen atoms in total. The molecule has 0 aliphatic carbocycles. The van der Waals surface area contributed by atoms with E-state index in [0.717, 1.165) is 5.56 Å². The summed E-state index contributed by atoms with van der Waals surface area (Å²) in [6.07, 6.45) is 1.31. The van der Waals surface area contributed by atoms with Crippen LogP contribution in [0.25, 0.3) is 0 Å². The minimum absolute atomic E-state index is 0.643. The van der Waals surface area contributed by atoms with Gasteiger partial charge in [-0.2, -0.15) is 4.32 Å². The standard InChI is InChI=1S/C7H5N2O2S/c10-9(11)8-5-6-3-1-2-4-7(6)12-9/h1-5H/q-1. The second kappa shape index (κ2) is 2.56. The Hall–Kier alpha value is -0.880. The molecule has 2 rings (SSSR count). The minimum Gasteiger partial charge on any atom is -0.591 e. The van der Waals surface area contributed by atoms with Crippen molar-refractivity contribution in [2.24, 2.45) is 5.10 Å². The molecule has 0 radical (unpaired) electrons. The van der Waals surface area contributed by atoms with Gasteiger partial charge in [0.25, 0.3) is 0 Å². The van der Waals surface area contributed by atoms with Crippen molar-refractivity contribution in [1.29, 1.82) is 0 Å². The molecule has 1 heterocycles. The van der Waals surface area contributed by atoms with Gasteiger partial charge in [-0.15, -0.1) is 0 Å². The Balaban J connectivity index is 2.46. The van der Waals surface area contributed by atoms with Crippen LogP contribution in [0.3, 0.4) is 0 Å². The zero-order valence-electron chi connectivity index (χ0n) is 6.01. The molecule has 0 saturated heterocycles. The van der Waals surface area contributed by atoms with E-state index in [1.54, 1.807) is 12.1 Å². The number of hydrogen-bond acceptors (Lipinski definition) is 4. The number of hydrogen-bond donors (Lipinski definition) is 0. The SMILES string of the molecule is [O-][N+]1([O-])N=Cc2ccccc2S1. The monoisotopic (exact) mass is 181 g/mol. The van der Waals surface area contributed by atoms with Gasteiger partial charge >= 0.3 is 0 Å². The summed E-state index contributed by atoms with van der Waals surface area (Å²) in [7, 11) is 0. The van der Waals surface area contributed by atoms with E-state index in [0.29, 0.717) is 16.8 Å². The summed E-state index contributed by atoms with van der Waals surface area (Å²) >= 11 is 0.643. The van der Waals surface area contributed by atoms with Crippen molar-refractivity contribution in [2.45, 2.75) is 4.90 Å². The Kier molecular flexibility index (Phi) is 1.66. The van der Waals surface area contributed by atoms with Crippen LogP contribution >= 0.6 is 11.9 Å². The number of quaternary nitrogens is 1. The number of nitrogens with zero attached hydrogens (tertiary/aromatic N) is 2. The molecular formula is C7H5N2O2S-. The molecule has 0 fully saturated rings. The lowest BCUT2D eigenvalue weighted by Crippen LogP contribution is -2.22. The van der Waals surface area contributed by atoms with Crippen LogP contribution in [0, 0.1) is 10.4 Å². The highest BCUT2D eigenvalue weighted by Crippen LogP contribution is 2.34. The van der Waals surface area contributed by atoms with Gasteiger partial charge < -0.3 is 10.4 Å². The normalized spacial score (nSPS) is 18.8. The summed E-state index contributed by atoms with van der Waals surface area (Å²) in [4.78, 5) is 0.678. The fraction of sp³-hybridized carbons (Fsp3) is 0. The van der Waals surface area contributed by atoms with Crippen LogP contribution in [-0.2, 0) is 0 Å². The van der Waals surface area contributed by atoms with E-state index in [9.17, 15) is 10.4 Å². The fourth-order valence-electron chi connectivity index (χ4n) is 0.951. The molecule has 12 heavy (non-hydrogen) atoms. The lowest BCUT2D eigenvalue weighted by Gasteiger charge is -2.37. The van der Waals surface area contributed by atoms with Crippen LogP contribution in [0.15, 0.2) is 34.3 Å². The molecule has 1 aromatic rings. The van der Waals surface area contributed by atoms with Crippen molar-refractivity contribution in [3.8, 4) is 0 Å². The smallest absolute Gasteiger partial charge is 0.143 e. The van der Waals surface area contributed by atoms with Gasteiger partial charge in [-0.3, -0.25) is 0 Å². The van der Waals surface area contributed by atoms with E-state index in [1.165, 1.54) is 6.21 Å². The molecule has 1 aliphatic rings. The quantitative estimate of drug-likeness (QED) is 0.348. The van der Waals surface area contributed by atoms with Gasteiger partial charge in [-0.05, 0) is 6.07 Å². The molecule has 5 heteroatoms. The summed E-state index contributed by atoms with van der Waals surface area (Å²) in [5, 5.41) is 24.9. The Morgan fingerprint density at radius 3 is 2.83 bits per heavy atom. The fourth-order valence-corrected chi connectivity index (χ4v) is 1.66. The molecule has 0 unspecified atom stereocenters. The highest BCUT2D eigenvalue weighted by Gasteiger charge is 2.16. The zero-order valence-corrected chi connectivity index (χ0v) is 6.82. The molecular weight excluding hydrogens is 176 g/mol. The van der Waals surface area contributed by atoms with Crippen LogP contribution in [0.5, 0.6) is 0 Å². The van der Waals surface area contributed by atoms with E-state index in [-0.39, 0.29) is 0 Å². The zero-order chi connectivity index (χ0) is 8.60. The lowest BCUT2D eigenvalue weighted by atomic mass is 10.2. The van der Waals surface area contributed by atoms with Crippen molar-refractivity contribution >= 4 is 18.2 Å². The predicted molar refractivity (Wildman–Crippen MR) is 46.9 cm³/mol. The highest BCUT2D eigenvalue weighted by atomic mass is 32.2. The van der Waals surface area contributed by atoms with E-state index < -0.39 is 4.32 Å². The van der Waals surface area contributed by atoms with Crippen molar-refractivity contribution in [2.75, 3.05) is 0 Å². The molecule has 0 N–H and O–H groups in total. The second-order valence-corrected chi connectivity index (χ2v) is 3.43. The first kappa shape index (κ1) is 7.75. The third-order valence-electron chi connectivity index (χ3n) is 1.47. The van der Waals surface area contributed by atoms with Gasteiger partial charge in [-0.1, -0.05) is 23.3 Å². The van der Waals surface area contributed by atoms with Gasteiger partial charge in [0.05, 0.1) is 11.1 Å². The van der Waals surface area contributed by atoms with E-state index in [4.69, 9.17) is 0 Å².